The lowest BCUT2D eigenvalue weighted by Gasteiger charge is -1.99. The van der Waals surface area contributed by atoms with E-state index in [-0.39, 0.29) is 5.56 Å². The molecule has 0 aliphatic rings. The molecule has 0 spiro atoms. The Balaban J connectivity index is 3.39. The standard InChI is InChI=1S/C8H4Cl2N2/c1-12-5-2-7(9)6(4-11)8(10)3-5/h2-3H,1H2. The summed E-state index contributed by atoms with van der Waals surface area (Å²) in [5, 5.41) is 9.19. The first-order chi connectivity index (χ1) is 5.69. The van der Waals surface area contributed by atoms with Crippen molar-refractivity contribution in [3.05, 3.63) is 27.7 Å². The van der Waals surface area contributed by atoms with E-state index in [2.05, 4.69) is 11.7 Å². The lowest BCUT2D eigenvalue weighted by Crippen LogP contribution is -1.78. The third-order valence-corrected chi connectivity index (χ3v) is 1.92. The molecule has 0 N–H and O–H groups in total. The number of hydrogen-bond acceptors (Lipinski definition) is 2. The number of nitrogens with zero attached hydrogens (tertiary/aromatic N) is 2. The summed E-state index contributed by atoms with van der Waals surface area (Å²) < 4.78 is 0. The first-order valence-electron chi connectivity index (χ1n) is 3.05. The van der Waals surface area contributed by atoms with Crippen LogP contribution in [0.2, 0.25) is 10.0 Å². The molecule has 12 heavy (non-hydrogen) atoms. The maximum absolute atomic E-state index is 8.60. The highest BCUT2D eigenvalue weighted by Crippen LogP contribution is 2.29. The van der Waals surface area contributed by atoms with Crippen LogP contribution < -0.4 is 0 Å². The highest BCUT2D eigenvalue weighted by molar-refractivity contribution is 6.37. The van der Waals surface area contributed by atoms with Gasteiger partial charge in [0, 0.05) is 0 Å². The Bertz CT molecular complexity index is 343. The second kappa shape index (κ2) is 3.57. The van der Waals surface area contributed by atoms with Crippen molar-refractivity contribution in [1.29, 1.82) is 5.26 Å². The van der Waals surface area contributed by atoms with Gasteiger partial charge in [-0.25, -0.2) is 0 Å². The summed E-state index contributed by atoms with van der Waals surface area (Å²) in [6, 6.07) is 4.97. The van der Waals surface area contributed by atoms with Crippen LogP contribution in [0.4, 0.5) is 5.69 Å². The smallest absolute Gasteiger partial charge is 0.102 e. The van der Waals surface area contributed by atoms with E-state index in [0.29, 0.717) is 15.7 Å². The van der Waals surface area contributed by atoms with Gasteiger partial charge in [0.05, 0.1) is 21.3 Å². The molecule has 0 radical (unpaired) electrons. The van der Waals surface area contributed by atoms with Crippen LogP contribution in [0.5, 0.6) is 0 Å². The summed E-state index contributed by atoms with van der Waals surface area (Å²) in [6.07, 6.45) is 0. The van der Waals surface area contributed by atoms with Crippen molar-refractivity contribution >= 4 is 35.6 Å². The predicted molar refractivity (Wildman–Crippen MR) is 50.4 cm³/mol. The van der Waals surface area contributed by atoms with Crippen LogP contribution in [-0.2, 0) is 0 Å². The zero-order valence-corrected chi connectivity index (χ0v) is 7.52. The number of nitriles is 1. The third-order valence-electron chi connectivity index (χ3n) is 1.32. The summed E-state index contributed by atoms with van der Waals surface area (Å²) in [5.41, 5.74) is 0.828. The van der Waals surface area contributed by atoms with Crippen LogP contribution in [0, 0.1) is 11.3 Å². The molecule has 4 heteroatoms. The molecule has 1 aromatic carbocycles. The Morgan fingerprint density at radius 1 is 1.33 bits per heavy atom. The number of benzene rings is 1. The van der Waals surface area contributed by atoms with Crippen LogP contribution in [0.25, 0.3) is 0 Å². The molecule has 0 bridgehead atoms. The quantitative estimate of drug-likeness (QED) is 0.639. The van der Waals surface area contributed by atoms with Crippen molar-refractivity contribution in [3.63, 3.8) is 0 Å². The largest absolute Gasteiger partial charge is 0.265 e. The molecule has 0 amide bonds. The fraction of sp³-hybridized carbons (Fsp3) is 0. The molecule has 0 fully saturated rings. The van der Waals surface area contributed by atoms with E-state index < -0.39 is 0 Å². The maximum atomic E-state index is 8.60. The van der Waals surface area contributed by atoms with E-state index in [1.807, 2.05) is 6.07 Å². The molecule has 0 atom stereocenters. The Morgan fingerprint density at radius 3 is 2.17 bits per heavy atom. The Hall–Kier alpha value is -1.04. The van der Waals surface area contributed by atoms with Crippen molar-refractivity contribution in [2.45, 2.75) is 0 Å². The van der Waals surface area contributed by atoms with Crippen LogP contribution in [0.15, 0.2) is 17.1 Å². The van der Waals surface area contributed by atoms with E-state index in [4.69, 9.17) is 28.5 Å². The normalized spacial score (nSPS) is 9.08. The SMILES string of the molecule is C=Nc1cc(Cl)c(C#N)c(Cl)c1. The molecule has 0 aromatic heterocycles. The fourth-order valence-corrected chi connectivity index (χ4v) is 1.32. The average molecular weight is 199 g/mol. The average Bonchev–Trinajstić information content (AvgIpc) is 2.03. The summed E-state index contributed by atoms with van der Waals surface area (Å²) >= 11 is 11.4. The highest BCUT2D eigenvalue weighted by Gasteiger charge is 2.05. The van der Waals surface area contributed by atoms with Gasteiger partial charge >= 0.3 is 0 Å². The van der Waals surface area contributed by atoms with Crippen molar-refractivity contribution < 1.29 is 0 Å². The zero-order chi connectivity index (χ0) is 9.14. The van der Waals surface area contributed by atoms with Crippen LogP contribution >= 0.6 is 23.2 Å². The molecule has 2 nitrogen and oxygen atoms in total. The van der Waals surface area contributed by atoms with E-state index in [9.17, 15) is 0 Å². The summed E-state index contributed by atoms with van der Waals surface area (Å²) in [7, 11) is 0. The Labute approximate surface area is 80.1 Å². The lowest BCUT2D eigenvalue weighted by atomic mass is 10.2. The molecule has 60 valence electrons. The summed E-state index contributed by atoms with van der Waals surface area (Å²) in [5.74, 6) is 0. The molecule has 0 saturated heterocycles. The fourth-order valence-electron chi connectivity index (χ4n) is 0.758. The Morgan fingerprint density at radius 2 is 1.83 bits per heavy atom. The second-order valence-electron chi connectivity index (χ2n) is 2.05. The minimum Gasteiger partial charge on any atom is -0.265 e. The molecular weight excluding hydrogens is 195 g/mol. The van der Waals surface area contributed by atoms with Gasteiger partial charge in [-0.2, -0.15) is 5.26 Å². The number of rotatable bonds is 1. The van der Waals surface area contributed by atoms with E-state index >= 15 is 0 Å². The number of hydrogen-bond donors (Lipinski definition) is 0. The molecular formula is C8H4Cl2N2. The Kier molecular flexibility index (Phi) is 2.69. The van der Waals surface area contributed by atoms with Gasteiger partial charge in [-0.3, -0.25) is 4.99 Å². The predicted octanol–water partition coefficient (Wildman–Crippen LogP) is 3.20. The van der Waals surface area contributed by atoms with Crippen molar-refractivity contribution in [2.24, 2.45) is 4.99 Å². The van der Waals surface area contributed by atoms with Gasteiger partial charge in [-0.1, -0.05) is 23.2 Å². The molecule has 0 saturated carbocycles. The topological polar surface area (TPSA) is 36.1 Å². The van der Waals surface area contributed by atoms with Crippen LogP contribution in [0.3, 0.4) is 0 Å². The van der Waals surface area contributed by atoms with Gasteiger partial charge < -0.3 is 0 Å². The lowest BCUT2D eigenvalue weighted by molar-refractivity contribution is 1.47. The number of halogens is 2. The molecule has 0 aliphatic carbocycles. The summed E-state index contributed by atoms with van der Waals surface area (Å²) in [4.78, 5) is 3.64. The minimum atomic E-state index is 0.269. The summed E-state index contributed by atoms with van der Waals surface area (Å²) in [6.45, 7) is 3.32. The van der Waals surface area contributed by atoms with Crippen LogP contribution in [0.1, 0.15) is 5.56 Å². The highest BCUT2D eigenvalue weighted by atomic mass is 35.5. The monoisotopic (exact) mass is 198 g/mol. The van der Waals surface area contributed by atoms with Crippen molar-refractivity contribution in [1.82, 2.24) is 0 Å². The van der Waals surface area contributed by atoms with E-state index in [1.165, 1.54) is 0 Å². The maximum Gasteiger partial charge on any atom is 0.102 e. The van der Waals surface area contributed by atoms with Gasteiger partial charge in [0.2, 0.25) is 0 Å². The van der Waals surface area contributed by atoms with Gasteiger partial charge in [-0.15, -0.1) is 0 Å². The molecule has 0 aliphatic heterocycles. The van der Waals surface area contributed by atoms with Crippen molar-refractivity contribution in [2.75, 3.05) is 0 Å². The molecule has 0 heterocycles. The first kappa shape index (κ1) is 9.05. The third kappa shape index (κ3) is 1.58. The minimum absolute atomic E-state index is 0.269. The van der Waals surface area contributed by atoms with Crippen molar-refractivity contribution in [3.8, 4) is 6.07 Å². The van der Waals surface area contributed by atoms with Gasteiger partial charge in [0.25, 0.3) is 0 Å². The number of aliphatic imine (C=N–C) groups is 1. The van der Waals surface area contributed by atoms with E-state index in [0.717, 1.165) is 0 Å². The first-order valence-corrected chi connectivity index (χ1v) is 3.80. The van der Waals surface area contributed by atoms with Gasteiger partial charge in [-0.05, 0) is 18.9 Å². The zero-order valence-electron chi connectivity index (χ0n) is 6.01. The van der Waals surface area contributed by atoms with Gasteiger partial charge in [0.15, 0.2) is 0 Å². The van der Waals surface area contributed by atoms with E-state index in [1.54, 1.807) is 12.1 Å². The molecule has 1 rings (SSSR count). The van der Waals surface area contributed by atoms with Crippen LogP contribution in [-0.4, -0.2) is 6.72 Å². The molecule has 1 aromatic rings. The second-order valence-corrected chi connectivity index (χ2v) is 2.87. The molecule has 0 unspecified atom stereocenters. The van der Waals surface area contributed by atoms with Gasteiger partial charge in [0.1, 0.15) is 6.07 Å².